The molecule has 2 aromatic carbocycles. The van der Waals surface area contributed by atoms with E-state index in [0.29, 0.717) is 66.5 Å². The number of carbonyl (C=O) groups excluding carboxylic acids is 1. The third-order valence-corrected chi connectivity index (χ3v) is 4.78. The van der Waals surface area contributed by atoms with Gasteiger partial charge in [0, 0.05) is 25.3 Å². The van der Waals surface area contributed by atoms with Crippen LogP contribution in [0.3, 0.4) is 0 Å². The number of aliphatic carboxylic acids is 1. The molecule has 33 heavy (non-hydrogen) atoms. The molecule has 1 N–H and O–H groups in total. The van der Waals surface area contributed by atoms with Gasteiger partial charge in [-0.2, -0.15) is 0 Å². The standard InChI is InChI=1S/C24H30O9/c1-17(24(26)27)18-7-8-22(32-15-30-11-9-28-2)21(13-18)20-6-4-5-19(14-25)23(20)33-16-31-12-10-29-3/h4-8,13-14,17H,9-12,15-16H2,1-3H3,(H,26,27). The number of benzene rings is 2. The first-order valence-corrected chi connectivity index (χ1v) is 10.4. The topological polar surface area (TPSA) is 110 Å². The lowest BCUT2D eigenvalue weighted by atomic mass is 9.94. The van der Waals surface area contributed by atoms with Crippen LogP contribution < -0.4 is 9.47 Å². The normalized spacial score (nSPS) is 11.7. The van der Waals surface area contributed by atoms with Crippen LogP contribution in [0.25, 0.3) is 11.1 Å². The average molecular weight is 462 g/mol. The van der Waals surface area contributed by atoms with E-state index in [1.54, 1.807) is 57.5 Å². The number of para-hydroxylation sites is 1. The fraction of sp³-hybridized carbons (Fsp3) is 0.417. The van der Waals surface area contributed by atoms with E-state index in [-0.39, 0.29) is 13.6 Å². The summed E-state index contributed by atoms with van der Waals surface area (Å²) in [6, 6.07) is 10.2. The Kier molecular flexibility index (Phi) is 11.3. The van der Waals surface area contributed by atoms with Gasteiger partial charge in [0.1, 0.15) is 11.5 Å². The summed E-state index contributed by atoms with van der Waals surface area (Å²) < 4.78 is 32.3. The predicted octanol–water partition coefficient (Wildman–Crippen LogP) is 3.35. The van der Waals surface area contributed by atoms with Crippen molar-refractivity contribution in [2.24, 2.45) is 0 Å². The summed E-state index contributed by atoms with van der Waals surface area (Å²) in [5, 5.41) is 9.45. The van der Waals surface area contributed by atoms with E-state index in [1.807, 2.05) is 0 Å². The molecule has 0 bridgehead atoms. The monoisotopic (exact) mass is 462 g/mol. The first-order valence-electron chi connectivity index (χ1n) is 10.4. The number of ether oxygens (including phenoxy) is 6. The van der Waals surface area contributed by atoms with Crippen LogP contribution >= 0.6 is 0 Å². The highest BCUT2D eigenvalue weighted by Crippen LogP contribution is 2.40. The zero-order valence-corrected chi connectivity index (χ0v) is 19.1. The van der Waals surface area contributed by atoms with Crippen molar-refractivity contribution in [1.82, 2.24) is 0 Å². The lowest BCUT2D eigenvalue weighted by molar-refractivity contribution is -0.138. The van der Waals surface area contributed by atoms with E-state index in [0.717, 1.165) is 0 Å². The highest BCUT2D eigenvalue weighted by Gasteiger charge is 2.20. The lowest BCUT2D eigenvalue weighted by Crippen LogP contribution is -2.11. The molecular formula is C24H30O9. The summed E-state index contributed by atoms with van der Waals surface area (Å²) in [6.45, 7) is 2.98. The molecule has 0 saturated heterocycles. The smallest absolute Gasteiger partial charge is 0.310 e. The third kappa shape index (κ3) is 7.83. The number of hydrogen-bond acceptors (Lipinski definition) is 8. The molecule has 9 heteroatoms. The molecule has 0 aliphatic carbocycles. The maximum Gasteiger partial charge on any atom is 0.310 e. The third-order valence-electron chi connectivity index (χ3n) is 4.78. The molecular weight excluding hydrogens is 432 g/mol. The van der Waals surface area contributed by atoms with Crippen molar-refractivity contribution in [1.29, 1.82) is 0 Å². The van der Waals surface area contributed by atoms with Crippen molar-refractivity contribution in [3.05, 3.63) is 47.5 Å². The molecule has 1 unspecified atom stereocenters. The molecule has 0 spiro atoms. The van der Waals surface area contributed by atoms with Crippen molar-refractivity contribution < 1.29 is 43.1 Å². The zero-order valence-electron chi connectivity index (χ0n) is 19.1. The van der Waals surface area contributed by atoms with Gasteiger partial charge in [-0.1, -0.05) is 18.2 Å². The molecule has 0 fully saturated rings. The van der Waals surface area contributed by atoms with Gasteiger partial charge < -0.3 is 33.5 Å². The van der Waals surface area contributed by atoms with Gasteiger partial charge in [-0.3, -0.25) is 9.59 Å². The van der Waals surface area contributed by atoms with E-state index in [2.05, 4.69) is 0 Å². The summed E-state index contributed by atoms with van der Waals surface area (Å²) in [5.41, 5.74) is 2.01. The Hall–Kier alpha value is -2.98. The van der Waals surface area contributed by atoms with Crippen molar-refractivity contribution >= 4 is 12.3 Å². The molecule has 0 aromatic heterocycles. The van der Waals surface area contributed by atoms with Crippen LogP contribution in [0, 0.1) is 0 Å². The van der Waals surface area contributed by atoms with Crippen molar-refractivity contribution in [2.75, 3.05) is 54.2 Å². The highest BCUT2D eigenvalue weighted by atomic mass is 16.7. The summed E-state index contributed by atoms with van der Waals surface area (Å²) >= 11 is 0. The van der Waals surface area contributed by atoms with Crippen LogP contribution in [0.5, 0.6) is 11.5 Å². The van der Waals surface area contributed by atoms with Gasteiger partial charge in [0.05, 0.1) is 37.9 Å². The Bertz CT molecular complexity index is 897. The highest BCUT2D eigenvalue weighted by molar-refractivity contribution is 5.88. The fourth-order valence-electron chi connectivity index (χ4n) is 2.92. The Labute approximate surface area is 193 Å². The Morgan fingerprint density at radius 3 is 2.21 bits per heavy atom. The molecule has 0 saturated carbocycles. The SMILES string of the molecule is COCCOCOc1ccc(C(C)C(=O)O)cc1-c1cccc(C=O)c1OCOCCOC. The van der Waals surface area contributed by atoms with Gasteiger partial charge in [0.25, 0.3) is 0 Å². The van der Waals surface area contributed by atoms with Gasteiger partial charge in [-0.25, -0.2) is 0 Å². The molecule has 180 valence electrons. The minimum Gasteiger partial charge on any atom is -0.481 e. The Morgan fingerprint density at radius 1 is 0.939 bits per heavy atom. The summed E-state index contributed by atoms with van der Waals surface area (Å²) in [6.07, 6.45) is 0.687. The molecule has 1 atom stereocenters. The summed E-state index contributed by atoms with van der Waals surface area (Å²) in [7, 11) is 3.14. The van der Waals surface area contributed by atoms with Gasteiger partial charge in [0.15, 0.2) is 19.9 Å². The van der Waals surface area contributed by atoms with E-state index in [9.17, 15) is 14.7 Å². The molecule has 2 aromatic rings. The van der Waals surface area contributed by atoms with E-state index in [1.165, 1.54) is 0 Å². The van der Waals surface area contributed by atoms with Crippen LogP contribution in [0.4, 0.5) is 0 Å². The van der Waals surface area contributed by atoms with Crippen LogP contribution in [-0.4, -0.2) is 71.6 Å². The van der Waals surface area contributed by atoms with Crippen LogP contribution in [0.2, 0.25) is 0 Å². The molecule has 0 radical (unpaired) electrons. The number of methoxy groups -OCH3 is 2. The van der Waals surface area contributed by atoms with E-state index >= 15 is 0 Å². The quantitative estimate of drug-likeness (QED) is 0.228. The summed E-state index contributed by atoms with van der Waals surface area (Å²) in [5.74, 6) is -0.953. The number of carbonyl (C=O) groups is 2. The van der Waals surface area contributed by atoms with Crippen LogP contribution in [0.1, 0.15) is 28.8 Å². The maximum absolute atomic E-state index is 11.7. The molecule has 0 aliphatic heterocycles. The van der Waals surface area contributed by atoms with E-state index < -0.39 is 11.9 Å². The molecule has 0 amide bonds. The largest absolute Gasteiger partial charge is 0.481 e. The molecule has 2 rings (SSSR count). The Balaban J connectivity index is 2.42. The first-order chi connectivity index (χ1) is 16.0. The second-order valence-electron chi connectivity index (χ2n) is 6.98. The lowest BCUT2D eigenvalue weighted by Gasteiger charge is -2.18. The fourth-order valence-corrected chi connectivity index (χ4v) is 2.92. The van der Waals surface area contributed by atoms with Gasteiger partial charge in [0.2, 0.25) is 0 Å². The first kappa shape index (κ1) is 26.3. The van der Waals surface area contributed by atoms with E-state index in [4.69, 9.17) is 28.4 Å². The van der Waals surface area contributed by atoms with Crippen LogP contribution in [-0.2, 0) is 23.7 Å². The molecule has 9 nitrogen and oxygen atoms in total. The second kappa shape index (κ2) is 14.2. The maximum atomic E-state index is 11.7. The van der Waals surface area contributed by atoms with Crippen LogP contribution in [0.15, 0.2) is 36.4 Å². The van der Waals surface area contributed by atoms with Gasteiger partial charge >= 0.3 is 5.97 Å². The zero-order chi connectivity index (χ0) is 24.1. The predicted molar refractivity (Wildman–Crippen MR) is 120 cm³/mol. The number of aldehydes is 1. The number of rotatable bonds is 16. The Morgan fingerprint density at radius 2 is 1.61 bits per heavy atom. The minimum atomic E-state index is -0.956. The van der Waals surface area contributed by atoms with Crippen molar-refractivity contribution in [3.63, 3.8) is 0 Å². The number of hydrogen-bond donors (Lipinski definition) is 1. The molecule has 0 heterocycles. The summed E-state index contributed by atoms with van der Waals surface area (Å²) in [4.78, 5) is 23.2. The number of carboxylic acid groups (broad SMARTS) is 1. The van der Waals surface area contributed by atoms with Gasteiger partial charge in [-0.15, -0.1) is 0 Å². The second-order valence-corrected chi connectivity index (χ2v) is 6.98. The van der Waals surface area contributed by atoms with Crippen molar-refractivity contribution in [3.8, 4) is 22.6 Å². The molecule has 0 aliphatic rings. The number of carboxylic acids is 1. The average Bonchev–Trinajstić information content (AvgIpc) is 2.83. The van der Waals surface area contributed by atoms with Crippen molar-refractivity contribution in [2.45, 2.75) is 12.8 Å². The minimum absolute atomic E-state index is 0.0338. The van der Waals surface area contributed by atoms with Gasteiger partial charge in [-0.05, 0) is 30.7 Å².